The molecule has 0 aliphatic heterocycles. The molecule has 0 aromatic heterocycles. The molecule has 182 valence electrons. The van der Waals surface area contributed by atoms with Crippen LogP contribution in [-0.4, -0.2) is 38.7 Å². The number of hydrogen-bond acceptors (Lipinski definition) is 5. The van der Waals surface area contributed by atoms with Gasteiger partial charge in [0.15, 0.2) is 12.7 Å². The number of carbonyl (C=O) groups excluding carboxylic acids is 1. The molecule has 1 amide bonds. The molecule has 7 nitrogen and oxygen atoms in total. The summed E-state index contributed by atoms with van der Waals surface area (Å²) in [7, 11) is 2.27. The van der Waals surface area contributed by atoms with Gasteiger partial charge in [-0.2, -0.15) is 13.2 Å². The predicted octanol–water partition coefficient (Wildman–Crippen LogP) is 3.62. The molecule has 33 heavy (non-hydrogen) atoms. The Bertz CT molecular complexity index is 981. The molecule has 0 aliphatic rings. The number of amidine groups is 1. The van der Waals surface area contributed by atoms with Gasteiger partial charge in [-0.15, -0.1) is 12.4 Å². The van der Waals surface area contributed by atoms with E-state index in [1.54, 1.807) is 0 Å². The van der Waals surface area contributed by atoms with Gasteiger partial charge in [0.25, 0.3) is 5.91 Å². The molecule has 0 heterocycles. The number of halogens is 6. The molecule has 0 fully saturated rings. The van der Waals surface area contributed by atoms with Gasteiger partial charge in [-0.25, -0.2) is 8.78 Å². The number of hydrogen-bond donors (Lipinski definition) is 3. The van der Waals surface area contributed by atoms with Crippen molar-refractivity contribution >= 4 is 24.1 Å². The third-order valence-corrected chi connectivity index (χ3v) is 4.25. The molecule has 2 aromatic carbocycles. The van der Waals surface area contributed by atoms with E-state index in [2.05, 4.69) is 5.32 Å². The highest BCUT2D eigenvalue weighted by molar-refractivity contribution is 5.95. The number of methoxy groups -OCH3 is 2. The molecule has 0 saturated heterocycles. The predicted molar refractivity (Wildman–Crippen MR) is 111 cm³/mol. The molecule has 1 unspecified atom stereocenters. The minimum absolute atomic E-state index is 0. The molecular weight excluding hydrogens is 477 g/mol. The van der Waals surface area contributed by atoms with Crippen LogP contribution in [-0.2, 0) is 16.1 Å². The Balaban J connectivity index is 0.00000544. The van der Waals surface area contributed by atoms with E-state index in [1.165, 1.54) is 19.2 Å². The molecule has 0 radical (unpaired) electrons. The lowest BCUT2D eigenvalue weighted by atomic mass is 10.1. The van der Waals surface area contributed by atoms with E-state index in [1.807, 2.05) is 0 Å². The SMILES string of the molecule is COc1cc(F)c(C(OC)C(=O)NCc2ccc(C(=N)N)cc2OCC(F)(F)F)c(F)c1.Cl. The van der Waals surface area contributed by atoms with Gasteiger partial charge < -0.3 is 25.3 Å². The van der Waals surface area contributed by atoms with Crippen LogP contribution in [0.3, 0.4) is 0 Å². The van der Waals surface area contributed by atoms with Gasteiger partial charge in [0.05, 0.1) is 12.7 Å². The molecule has 0 bridgehead atoms. The van der Waals surface area contributed by atoms with Gasteiger partial charge in [0.1, 0.15) is 29.0 Å². The Hall–Kier alpha value is -3.12. The van der Waals surface area contributed by atoms with Crippen LogP contribution in [0.4, 0.5) is 22.0 Å². The summed E-state index contributed by atoms with van der Waals surface area (Å²) in [5.41, 5.74) is 4.90. The second-order valence-electron chi connectivity index (χ2n) is 6.48. The second kappa shape index (κ2) is 11.7. The lowest BCUT2D eigenvalue weighted by Gasteiger charge is -2.19. The Morgan fingerprint density at radius 2 is 1.76 bits per heavy atom. The van der Waals surface area contributed by atoms with Crippen molar-refractivity contribution < 1.29 is 41.0 Å². The number of alkyl halides is 3. The van der Waals surface area contributed by atoms with Crippen molar-refractivity contribution in [1.29, 1.82) is 5.41 Å². The molecule has 4 N–H and O–H groups in total. The lowest BCUT2D eigenvalue weighted by molar-refractivity contribution is -0.153. The fourth-order valence-corrected chi connectivity index (χ4v) is 2.72. The third kappa shape index (κ3) is 7.46. The lowest BCUT2D eigenvalue weighted by Crippen LogP contribution is -2.31. The zero-order valence-corrected chi connectivity index (χ0v) is 18.2. The largest absolute Gasteiger partial charge is 0.497 e. The van der Waals surface area contributed by atoms with Gasteiger partial charge in [-0.1, -0.05) is 12.1 Å². The van der Waals surface area contributed by atoms with Gasteiger partial charge in [0, 0.05) is 36.9 Å². The first kappa shape index (κ1) is 27.9. The van der Waals surface area contributed by atoms with Crippen LogP contribution < -0.4 is 20.5 Å². The molecule has 1 atom stereocenters. The first-order chi connectivity index (χ1) is 15.0. The maximum absolute atomic E-state index is 14.3. The minimum atomic E-state index is -4.63. The molecular formula is C20H21ClF5N3O4. The summed E-state index contributed by atoms with van der Waals surface area (Å²) in [4.78, 5) is 12.5. The zero-order valence-electron chi connectivity index (χ0n) is 17.4. The summed E-state index contributed by atoms with van der Waals surface area (Å²) >= 11 is 0. The van der Waals surface area contributed by atoms with E-state index in [4.69, 9.17) is 25.4 Å². The van der Waals surface area contributed by atoms with Gasteiger partial charge in [-0.05, 0) is 6.07 Å². The Morgan fingerprint density at radius 1 is 1.15 bits per heavy atom. The average molecular weight is 498 g/mol. The monoisotopic (exact) mass is 497 g/mol. The molecule has 0 aliphatic carbocycles. The van der Waals surface area contributed by atoms with Crippen molar-refractivity contribution in [2.24, 2.45) is 5.73 Å². The highest BCUT2D eigenvalue weighted by Gasteiger charge is 2.30. The van der Waals surface area contributed by atoms with Crippen LogP contribution in [0.15, 0.2) is 30.3 Å². The maximum Gasteiger partial charge on any atom is 0.422 e. The van der Waals surface area contributed by atoms with Crippen LogP contribution in [0.5, 0.6) is 11.5 Å². The van der Waals surface area contributed by atoms with Crippen molar-refractivity contribution in [2.45, 2.75) is 18.8 Å². The van der Waals surface area contributed by atoms with E-state index in [0.717, 1.165) is 25.3 Å². The number of nitrogens with two attached hydrogens (primary N) is 1. The van der Waals surface area contributed by atoms with E-state index >= 15 is 0 Å². The number of rotatable bonds is 9. The Labute approximate surface area is 191 Å². The fraction of sp³-hybridized carbons (Fsp3) is 0.300. The van der Waals surface area contributed by atoms with Crippen molar-refractivity contribution in [3.63, 3.8) is 0 Å². The van der Waals surface area contributed by atoms with Crippen LogP contribution >= 0.6 is 12.4 Å². The Morgan fingerprint density at radius 3 is 2.24 bits per heavy atom. The van der Waals surface area contributed by atoms with Crippen molar-refractivity contribution in [3.05, 3.63) is 58.7 Å². The van der Waals surface area contributed by atoms with Gasteiger partial charge in [0.2, 0.25) is 0 Å². The van der Waals surface area contributed by atoms with Crippen LogP contribution in [0.2, 0.25) is 0 Å². The highest BCUT2D eigenvalue weighted by Crippen LogP contribution is 2.28. The van der Waals surface area contributed by atoms with Gasteiger partial charge >= 0.3 is 6.18 Å². The molecule has 0 saturated carbocycles. The molecule has 13 heteroatoms. The molecule has 0 spiro atoms. The number of nitrogen functional groups attached to an aromatic ring is 1. The number of amides is 1. The van der Waals surface area contributed by atoms with Crippen molar-refractivity contribution in [1.82, 2.24) is 5.32 Å². The van der Waals surface area contributed by atoms with Gasteiger partial charge in [-0.3, -0.25) is 10.2 Å². The fourth-order valence-electron chi connectivity index (χ4n) is 2.72. The van der Waals surface area contributed by atoms with E-state index in [-0.39, 0.29) is 41.6 Å². The summed E-state index contributed by atoms with van der Waals surface area (Å²) in [6.45, 7) is -1.97. The smallest absolute Gasteiger partial charge is 0.422 e. The first-order valence-corrected chi connectivity index (χ1v) is 8.97. The van der Waals surface area contributed by atoms with E-state index < -0.39 is 47.8 Å². The topological polar surface area (TPSA) is 107 Å². The maximum atomic E-state index is 14.3. The Kier molecular flexibility index (Phi) is 9.86. The normalized spacial score (nSPS) is 11.8. The molecule has 2 aromatic rings. The highest BCUT2D eigenvalue weighted by atomic mass is 35.5. The third-order valence-electron chi connectivity index (χ3n) is 4.25. The van der Waals surface area contributed by atoms with Crippen molar-refractivity contribution in [3.8, 4) is 11.5 Å². The van der Waals surface area contributed by atoms with Crippen LogP contribution in [0.1, 0.15) is 22.8 Å². The molecule has 2 rings (SSSR count). The zero-order chi connectivity index (χ0) is 24.1. The van der Waals surface area contributed by atoms with E-state index in [9.17, 15) is 26.7 Å². The summed E-state index contributed by atoms with van der Waals surface area (Å²) in [6, 6.07) is 5.52. The number of benzene rings is 2. The second-order valence-corrected chi connectivity index (χ2v) is 6.48. The van der Waals surface area contributed by atoms with Crippen LogP contribution in [0, 0.1) is 17.0 Å². The summed E-state index contributed by atoms with van der Waals surface area (Å²) in [5.74, 6) is -3.88. The van der Waals surface area contributed by atoms with Crippen LogP contribution in [0.25, 0.3) is 0 Å². The number of ether oxygens (including phenoxy) is 3. The quantitative estimate of drug-likeness (QED) is 0.279. The first-order valence-electron chi connectivity index (χ1n) is 8.97. The van der Waals surface area contributed by atoms with E-state index in [0.29, 0.717) is 0 Å². The number of nitrogens with one attached hydrogen (secondary N) is 2. The number of carbonyl (C=O) groups is 1. The average Bonchev–Trinajstić information content (AvgIpc) is 2.72. The minimum Gasteiger partial charge on any atom is -0.497 e. The summed E-state index contributed by atoms with van der Waals surface area (Å²) in [5, 5.41) is 9.75. The summed E-state index contributed by atoms with van der Waals surface area (Å²) < 4.78 is 80.8. The standard InChI is InChI=1S/C20H20F5N3O4.ClH/c1-30-12-6-13(21)16(14(22)7-12)17(31-2)19(29)28-8-11-4-3-10(18(26)27)5-15(11)32-9-20(23,24)25;/h3-7,17H,8-9H2,1-2H3,(H3,26,27)(H,28,29);1H. The van der Waals surface area contributed by atoms with Crippen molar-refractivity contribution in [2.75, 3.05) is 20.8 Å². The summed E-state index contributed by atoms with van der Waals surface area (Å²) in [6.07, 6.45) is -6.31.